The lowest BCUT2D eigenvalue weighted by atomic mass is 9.73. The number of pyridine rings is 1. The molecule has 232 valence electrons. The van der Waals surface area contributed by atoms with Gasteiger partial charge in [0.2, 0.25) is 0 Å². The molecule has 2 aromatic heterocycles. The van der Waals surface area contributed by atoms with Crippen molar-refractivity contribution in [2.24, 2.45) is 0 Å². The second-order valence-corrected chi connectivity index (χ2v) is 13.0. The number of halogens is 1. The van der Waals surface area contributed by atoms with Crippen LogP contribution >= 0.6 is 11.6 Å². The summed E-state index contributed by atoms with van der Waals surface area (Å²) < 4.78 is 7.67. The van der Waals surface area contributed by atoms with Crippen LogP contribution in [-0.2, 0) is 16.6 Å². The van der Waals surface area contributed by atoms with Crippen LogP contribution in [0.25, 0.3) is 5.65 Å². The molecule has 2 aliphatic heterocycles. The summed E-state index contributed by atoms with van der Waals surface area (Å²) >= 11 is 6.11. The largest absolute Gasteiger partial charge is 0.395 e. The Morgan fingerprint density at radius 1 is 1.02 bits per heavy atom. The van der Waals surface area contributed by atoms with Crippen LogP contribution in [0.2, 0.25) is 5.02 Å². The Hall–Kier alpha value is -3.30. The number of hydrogen-bond acceptors (Lipinski definition) is 7. The quantitative estimate of drug-likeness (QED) is 0.233. The number of anilines is 1. The molecule has 0 aliphatic carbocycles. The van der Waals surface area contributed by atoms with Gasteiger partial charge in [0.25, 0.3) is 0 Å². The highest BCUT2D eigenvalue weighted by Gasteiger charge is 2.36. The number of ketones is 1. The average Bonchev–Trinajstić information content (AvgIpc) is 3.44. The van der Waals surface area contributed by atoms with E-state index in [4.69, 9.17) is 26.4 Å². The first-order valence-corrected chi connectivity index (χ1v) is 16.2. The molecule has 0 bridgehead atoms. The van der Waals surface area contributed by atoms with Gasteiger partial charge < -0.3 is 14.7 Å². The number of rotatable bonds is 10. The van der Waals surface area contributed by atoms with Crippen molar-refractivity contribution in [3.05, 3.63) is 94.4 Å². The molecule has 0 saturated carbocycles. The first-order chi connectivity index (χ1) is 21.3. The normalized spacial score (nSPS) is 20.7. The minimum absolute atomic E-state index is 0.110. The molecule has 9 heteroatoms. The van der Waals surface area contributed by atoms with E-state index in [9.17, 15) is 9.90 Å². The molecule has 2 aliphatic rings. The molecule has 8 nitrogen and oxygen atoms in total. The van der Waals surface area contributed by atoms with Gasteiger partial charge in [-0.3, -0.25) is 9.69 Å². The number of carbonyl (C=O) groups is 1. The molecular weight excluding hydrogens is 574 g/mol. The monoisotopic (exact) mass is 615 g/mol. The molecule has 4 heterocycles. The number of carbonyl (C=O) groups excluding carboxylic acids is 1. The average molecular weight is 616 g/mol. The number of morpholine rings is 1. The first-order valence-electron chi connectivity index (χ1n) is 15.8. The number of aliphatic hydroxyl groups excluding tert-OH is 1. The summed E-state index contributed by atoms with van der Waals surface area (Å²) in [5.41, 5.74) is 4.59. The number of nitrogens with zero attached hydrogens (tertiary/aromatic N) is 5. The standard InChI is InChI=1S/C35H42ClN5O3/c1-25-22-39(23-26(2)44-25)17-4-6-32(43)28-9-7-27(8-10-28)21-33-37-34-31(5-3-18-41(34)38-33)40-19-15-35(24-42,16-20-40)29-11-13-30(36)14-12-29/h3,5,7-14,18,25-26,42H,4,6,15-17,19-24H2,1-2H3/t25-,26+. The van der Waals surface area contributed by atoms with Gasteiger partial charge in [-0.25, -0.2) is 9.50 Å². The number of aliphatic hydroxyl groups is 1. The van der Waals surface area contributed by atoms with Crippen molar-refractivity contribution >= 4 is 28.7 Å². The highest BCUT2D eigenvalue weighted by atomic mass is 35.5. The van der Waals surface area contributed by atoms with Gasteiger partial charge in [0.15, 0.2) is 17.3 Å². The fraction of sp³-hybridized carbons (Fsp3) is 0.457. The SMILES string of the molecule is C[C@@H]1CN(CCCC(=O)c2ccc(Cc3nc4c(N5CCC(CO)(c6ccc(Cl)cc6)CC5)cccn4n3)cc2)C[C@H](C)O1. The van der Waals surface area contributed by atoms with Crippen LogP contribution in [0.5, 0.6) is 0 Å². The van der Waals surface area contributed by atoms with Crippen LogP contribution in [0, 0.1) is 0 Å². The van der Waals surface area contributed by atoms with E-state index in [-0.39, 0.29) is 30.0 Å². The maximum absolute atomic E-state index is 12.8. The van der Waals surface area contributed by atoms with E-state index in [1.807, 2.05) is 65.3 Å². The van der Waals surface area contributed by atoms with E-state index < -0.39 is 0 Å². The number of piperidine rings is 1. The van der Waals surface area contributed by atoms with Gasteiger partial charge in [-0.2, -0.15) is 5.10 Å². The maximum atomic E-state index is 12.8. The first kappa shape index (κ1) is 30.7. The molecule has 2 aromatic carbocycles. The van der Waals surface area contributed by atoms with Crippen LogP contribution < -0.4 is 4.90 Å². The van der Waals surface area contributed by atoms with Gasteiger partial charge in [0.1, 0.15) is 0 Å². The van der Waals surface area contributed by atoms with Gasteiger partial charge in [-0.15, -0.1) is 0 Å². The number of aromatic nitrogens is 3. The molecule has 0 spiro atoms. The van der Waals surface area contributed by atoms with E-state index in [1.165, 1.54) is 0 Å². The number of fused-ring (bicyclic) bond motifs is 1. The molecular formula is C35H42ClN5O3. The highest BCUT2D eigenvalue weighted by Crippen LogP contribution is 2.37. The summed E-state index contributed by atoms with van der Waals surface area (Å²) in [6, 6.07) is 19.9. The number of benzene rings is 2. The van der Waals surface area contributed by atoms with Crippen LogP contribution in [-0.4, -0.2) is 81.9 Å². The Bertz CT molecular complexity index is 1550. The Labute approximate surface area is 264 Å². The lowest BCUT2D eigenvalue weighted by Gasteiger charge is -2.42. The van der Waals surface area contributed by atoms with E-state index >= 15 is 0 Å². The molecule has 0 unspecified atom stereocenters. The van der Waals surface area contributed by atoms with E-state index in [0.29, 0.717) is 17.9 Å². The van der Waals surface area contributed by atoms with Crippen molar-refractivity contribution in [2.75, 3.05) is 44.2 Å². The second kappa shape index (κ2) is 13.4. The molecule has 2 fully saturated rings. The predicted molar refractivity (Wildman–Crippen MR) is 174 cm³/mol. The predicted octanol–water partition coefficient (Wildman–Crippen LogP) is 5.58. The van der Waals surface area contributed by atoms with E-state index in [2.05, 4.69) is 29.7 Å². The summed E-state index contributed by atoms with van der Waals surface area (Å²) in [4.78, 5) is 22.5. The van der Waals surface area contributed by atoms with Crippen molar-refractivity contribution in [3.63, 3.8) is 0 Å². The van der Waals surface area contributed by atoms with Gasteiger partial charge in [-0.1, -0.05) is 48.0 Å². The van der Waals surface area contributed by atoms with E-state index in [1.54, 1.807) is 0 Å². The molecule has 0 radical (unpaired) electrons. The van der Waals surface area contributed by atoms with Gasteiger partial charge in [0.05, 0.1) is 24.5 Å². The third kappa shape index (κ3) is 6.84. The molecule has 4 aromatic rings. The summed E-state index contributed by atoms with van der Waals surface area (Å²) in [6.07, 6.45) is 6.09. The van der Waals surface area contributed by atoms with Gasteiger partial charge >= 0.3 is 0 Å². The van der Waals surface area contributed by atoms with Crippen molar-refractivity contribution in [3.8, 4) is 0 Å². The minimum Gasteiger partial charge on any atom is -0.395 e. The molecule has 6 rings (SSSR count). The summed E-state index contributed by atoms with van der Waals surface area (Å²) in [7, 11) is 0. The Balaban J connectivity index is 1.06. The number of Topliss-reactive ketones (excluding diaryl/α,β-unsaturated/α-hetero) is 1. The Kier molecular flexibility index (Phi) is 9.33. The van der Waals surface area contributed by atoms with E-state index in [0.717, 1.165) is 85.8 Å². The number of ether oxygens (including phenoxy) is 1. The summed E-state index contributed by atoms with van der Waals surface area (Å²) in [5, 5.41) is 15.9. The molecule has 2 atom stereocenters. The van der Waals surface area contributed by atoms with Crippen LogP contribution in [0.1, 0.15) is 66.8 Å². The van der Waals surface area contributed by atoms with Crippen molar-refractivity contribution in [1.82, 2.24) is 19.5 Å². The third-order valence-electron chi connectivity index (χ3n) is 9.22. The van der Waals surface area contributed by atoms with Gasteiger partial charge in [-0.05, 0) is 75.0 Å². The van der Waals surface area contributed by atoms with Crippen molar-refractivity contribution in [2.45, 2.75) is 63.6 Å². The molecule has 44 heavy (non-hydrogen) atoms. The van der Waals surface area contributed by atoms with Crippen molar-refractivity contribution < 1.29 is 14.6 Å². The smallest absolute Gasteiger partial charge is 0.178 e. The zero-order valence-electron chi connectivity index (χ0n) is 25.7. The van der Waals surface area contributed by atoms with Crippen LogP contribution in [0.4, 0.5) is 5.69 Å². The Morgan fingerprint density at radius 2 is 1.73 bits per heavy atom. The summed E-state index contributed by atoms with van der Waals surface area (Å²) in [5.74, 6) is 0.928. The molecule has 0 amide bonds. The van der Waals surface area contributed by atoms with Gasteiger partial charge in [0, 0.05) is 61.2 Å². The molecule has 2 saturated heterocycles. The van der Waals surface area contributed by atoms with Crippen molar-refractivity contribution in [1.29, 1.82) is 0 Å². The third-order valence-corrected chi connectivity index (χ3v) is 9.47. The minimum atomic E-state index is -0.265. The highest BCUT2D eigenvalue weighted by molar-refractivity contribution is 6.30. The summed E-state index contributed by atoms with van der Waals surface area (Å²) in [6.45, 7) is 8.73. The fourth-order valence-corrected chi connectivity index (χ4v) is 6.97. The maximum Gasteiger partial charge on any atom is 0.178 e. The lowest BCUT2D eigenvalue weighted by Crippen LogP contribution is -2.45. The Morgan fingerprint density at radius 3 is 2.41 bits per heavy atom. The molecule has 1 N–H and O–H groups in total. The van der Waals surface area contributed by atoms with Crippen LogP contribution in [0.15, 0.2) is 66.9 Å². The number of hydrogen-bond donors (Lipinski definition) is 1. The zero-order valence-corrected chi connectivity index (χ0v) is 26.4. The fourth-order valence-electron chi connectivity index (χ4n) is 6.84. The second-order valence-electron chi connectivity index (χ2n) is 12.5. The zero-order chi connectivity index (χ0) is 30.7. The topological polar surface area (TPSA) is 83.2 Å². The lowest BCUT2D eigenvalue weighted by molar-refractivity contribution is -0.0680. The van der Waals surface area contributed by atoms with Crippen LogP contribution in [0.3, 0.4) is 0 Å².